The van der Waals surface area contributed by atoms with Gasteiger partial charge in [-0.3, -0.25) is 14.4 Å². The maximum atomic E-state index is 13.3. The molecule has 0 saturated heterocycles. The minimum atomic E-state index is -1.60. The smallest absolute Gasteiger partial charge is 0.190 e. The molecule has 0 amide bonds. The predicted molar refractivity (Wildman–Crippen MR) is 94.1 cm³/mol. The standard InChI is InChI=1S/C21H28O5/c1-19-7-5-13(23)9-12(19)3-4-14-15-6-8-21(26,17(25)11-22)20(15,2)10-16(24)18(14)19/h9,14-15,18,22,26H,3-8,10-11H2,1-2H3/t14?,15?,18?,19-,20-,21?/m0/s1. The highest BCUT2D eigenvalue weighted by atomic mass is 16.3. The zero-order valence-corrected chi connectivity index (χ0v) is 15.6. The van der Waals surface area contributed by atoms with Crippen molar-refractivity contribution < 1.29 is 24.6 Å². The summed E-state index contributed by atoms with van der Waals surface area (Å²) in [5, 5.41) is 20.5. The van der Waals surface area contributed by atoms with E-state index in [2.05, 4.69) is 6.92 Å². The molecule has 5 heteroatoms. The molecule has 4 aliphatic carbocycles. The number of aliphatic hydroxyl groups excluding tert-OH is 1. The van der Waals surface area contributed by atoms with Crippen molar-refractivity contribution in [3.8, 4) is 0 Å². The van der Waals surface area contributed by atoms with Crippen LogP contribution in [0.15, 0.2) is 11.6 Å². The van der Waals surface area contributed by atoms with Crippen molar-refractivity contribution in [1.29, 1.82) is 0 Å². The van der Waals surface area contributed by atoms with Crippen molar-refractivity contribution in [2.24, 2.45) is 28.6 Å². The normalized spacial score (nSPS) is 47.7. The van der Waals surface area contributed by atoms with Gasteiger partial charge in [-0.1, -0.05) is 19.4 Å². The summed E-state index contributed by atoms with van der Waals surface area (Å²) >= 11 is 0. The van der Waals surface area contributed by atoms with Gasteiger partial charge in [-0.15, -0.1) is 0 Å². The largest absolute Gasteiger partial charge is 0.388 e. The van der Waals surface area contributed by atoms with Gasteiger partial charge in [0.25, 0.3) is 0 Å². The molecular formula is C21H28O5. The molecule has 3 fully saturated rings. The number of fused-ring (bicyclic) bond motifs is 5. The fraction of sp³-hybridized carbons (Fsp3) is 0.762. The van der Waals surface area contributed by atoms with Gasteiger partial charge in [0.1, 0.15) is 18.0 Å². The number of ketones is 3. The van der Waals surface area contributed by atoms with Gasteiger partial charge in [0.2, 0.25) is 0 Å². The Morgan fingerprint density at radius 1 is 1.19 bits per heavy atom. The number of allylic oxidation sites excluding steroid dienone is 1. The van der Waals surface area contributed by atoms with Gasteiger partial charge in [0.15, 0.2) is 11.6 Å². The number of aliphatic hydroxyl groups is 2. The van der Waals surface area contributed by atoms with E-state index in [9.17, 15) is 24.6 Å². The number of carbonyl (C=O) groups excluding carboxylic acids is 3. The molecule has 0 aromatic carbocycles. The minimum Gasteiger partial charge on any atom is -0.388 e. The predicted octanol–water partition coefficient (Wildman–Crippen LogP) is 1.99. The van der Waals surface area contributed by atoms with Gasteiger partial charge >= 0.3 is 0 Å². The first-order valence-corrected chi connectivity index (χ1v) is 9.80. The van der Waals surface area contributed by atoms with Crippen LogP contribution in [-0.4, -0.2) is 39.8 Å². The first-order chi connectivity index (χ1) is 12.2. The summed E-state index contributed by atoms with van der Waals surface area (Å²) in [4.78, 5) is 37.5. The second-order valence-electron chi connectivity index (χ2n) is 9.38. The maximum absolute atomic E-state index is 13.3. The molecule has 6 atom stereocenters. The third-order valence-electron chi connectivity index (χ3n) is 8.41. The van der Waals surface area contributed by atoms with E-state index < -0.39 is 23.4 Å². The molecule has 4 unspecified atom stereocenters. The highest BCUT2D eigenvalue weighted by Gasteiger charge is 2.68. The van der Waals surface area contributed by atoms with E-state index in [1.807, 2.05) is 6.92 Å². The van der Waals surface area contributed by atoms with Crippen LogP contribution in [0.2, 0.25) is 0 Å². The zero-order valence-electron chi connectivity index (χ0n) is 15.6. The van der Waals surface area contributed by atoms with Crippen molar-refractivity contribution in [2.75, 3.05) is 6.61 Å². The van der Waals surface area contributed by atoms with Gasteiger partial charge in [-0.25, -0.2) is 0 Å². The summed E-state index contributed by atoms with van der Waals surface area (Å²) in [6.07, 6.45) is 5.83. The van der Waals surface area contributed by atoms with Crippen LogP contribution >= 0.6 is 0 Å². The average Bonchev–Trinajstić information content (AvgIpc) is 2.86. The van der Waals surface area contributed by atoms with E-state index in [1.165, 1.54) is 0 Å². The number of hydrogen-bond acceptors (Lipinski definition) is 5. The first-order valence-electron chi connectivity index (χ1n) is 9.80. The Balaban J connectivity index is 1.75. The van der Waals surface area contributed by atoms with Crippen LogP contribution in [0.4, 0.5) is 0 Å². The lowest BCUT2D eigenvalue weighted by molar-refractivity contribution is -0.170. The van der Waals surface area contributed by atoms with Gasteiger partial charge in [-0.05, 0) is 55.4 Å². The maximum Gasteiger partial charge on any atom is 0.190 e. The number of carbonyl (C=O) groups is 3. The molecule has 4 aliphatic rings. The van der Waals surface area contributed by atoms with Crippen molar-refractivity contribution >= 4 is 17.3 Å². The Labute approximate surface area is 153 Å². The van der Waals surface area contributed by atoms with Gasteiger partial charge in [0.05, 0.1) is 0 Å². The quantitative estimate of drug-likeness (QED) is 0.786. The van der Waals surface area contributed by atoms with Crippen LogP contribution in [0.25, 0.3) is 0 Å². The summed E-state index contributed by atoms with van der Waals surface area (Å²) in [5.41, 5.74) is -1.55. The Morgan fingerprint density at radius 3 is 2.62 bits per heavy atom. The van der Waals surface area contributed by atoms with Crippen LogP contribution in [-0.2, 0) is 14.4 Å². The molecule has 0 aromatic heterocycles. The van der Waals surface area contributed by atoms with E-state index in [1.54, 1.807) is 6.08 Å². The fourth-order valence-corrected chi connectivity index (χ4v) is 6.98. The van der Waals surface area contributed by atoms with E-state index in [0.29, 0.717) is 25.7 Å². The molecule has 5 nitrogen and oxygen atoms in total. The Kier molecular flexibility index (Phi) is 3.88. The second kappa shape index (κ2) is 5.59. The van der Waals surface area contributed by atoms with E-state index >= 15 is 0 Å². The molecule has 0 spiro atoms. The van der Waals surface area contributed by atoms with E-state index in [0.717, 1.165) is 18.4 Å². The second-order valence-corrected chi connectivity index (χ2v) is 9.38. The van der Waals surface area contributed by atoms with Gasteiger partial charge < -0.3 is 10.2 Å². The SMILES string of the molecule is C[C@]12CCC(=O)C=C1CCC1C2C(=O)C[C@@]2(C)C1CCC2(O)C(=O)CO. The number of hydrogen-bond donors (Lipinski definition) is 2. The topological polar surface area (TPSA) is 91.7 Å². The summed E-state index contributed by atoms with van der Waals surface area (Å²) in [7, 11) is 0. The molecule has 3 saturated carbocycles. The lowest BCUT2D eigenvalue weighted by Crippen LogP contribution is -2.60. The van der Waals surface area contributed by atoms with Gasteiger partial charge in [-0.2, -0.15) is 0 Å². The molecule has 0 aliphatic heterocycles. The molecule has 0 radical (unpaired) electrons. The Morgan fingerprint density at radius 2 is 1.92 bits per heavy atom. The molecule has 0 bridgehead atoms. The molecular weight excluding hydrogens is 332 g/mol. The molecule has 0 aromatic rings. The first kappa shape index (κ1) is 18.1. The molecule has 0 heterocycles. The van der Waals surface area contributed by atoms with Crippen LogP contribution in [0.1, 0.15) is 58.8 Å². The summed E-state index contributed by atoms with van der Waals surface area (Å²) in [5.74, 6) is -0.172. The van der Waals surface area contributed by atoms with E-state index in [4.69, 9.17) is 0 Å². The Bertz CT molecular complexity index is 724. The highest BCUT2D eigenvalue weighted by molar-refractivity contribution is 5.94. The fourth-order valence-electron chi connectivity index (χ4n) is 6.98. The van der Waals surface area contributed by atoms with Crippen LogP contribution in [0.3, 0.4) is 0 Å². The highest BCUT2D eigenvalue weighted by Crippen LogP contribution is 2.66. The lowest BCUT2D eigenvalue weighted by Gasteiger charge is -2.57. The third kappa shape index (κ3) is 2.07. The zero-order chi connectivity index (χ0) is 18.9. The number of Topliss-reactive ketones (excluding diaryl/α,β-unsaturated/α-hetero) is 2. The minimum absolute atomic E-state index is 0.0988. The van der Waals surface area contributed by atoms with Crippen molar-refractivity contribution in [3.05, 3.63) is 11.6 Å². The Hall–Kier alpha value is -1.33. The molecule has 26 heavy (non-hydrogen) atoms. The van der Waals surface area contributed by atoms with E-state index in [-0.39, 0.29) is 41.2 Å². The summed E-state index contributed by atoms with van der Waals surface area (Å²) in [6, 6.07) is 0. The summed E-state index contributed by atoms with van der Waals surface area (Å²) < 4.78 is 0. The monoisotopic (exact) mass is 360 g/mol. The van der Waals surface area contributed by atoms with Crippen LogP contribution in [0.5, 0.6) is 0 Å². The van der Waals surface area contributed by atoms with Gasteiger partial charge in [0, 0.05) is 24.2 Å². The van der Waals surface area contributed by atoms with Crippen LogP contribution < -0.4 is 0 Å². The number of rotatable bonds is 2. The molecule has 2 N–H and O–H groups in total. The van der Waals surface area contributed by atoms with Crippen molar-refractivity contribution in [2.45, 2.75) is 64.4 Å². The van der Waals surface area contributed by atoms with Crippen LogP contribution in [0, 0.1) is 28.6 Å². The summed E-state index contributed by atoms with van der Waals surface area (Å²) in [6.45, 7) is 3.31. The third-order valence-corrected chi connectivity index (χ3v) is 8.41. The van der Waals surface area contributed by atoms with Crippen molar-refractivity contribution in [3.63, 3.8) is 0 Å². The molecule has 142 valence electrons. The lowest BCUT2D eigenvalue weighted by atomic mass is 9.46. The average molecular weight is 360 g/mol. The van der Waals surface area contributed by atoms with Crippen molar-refractivity contribution in [1.82, 2.24) is 0 Å². The molecule has 4 rings (SSSR count).